The van der Waals surface area contributed by atoms with E-state index in [1.54, 1.807) is 54.6 Å². The van der Waals surface area contributed by atoms with E-state index in [4.69, 9.17) is 0 Å². The van der Waals surface area contributed by atoms with Crippen molar-refractivity contribution in [3.63, 3.8) is 0 Å². The quantitative estimate of drug-likeness (QED) is 0.0828. The van der Waals surface area contributed by atoms with Crippen LogP contribution >= 0.6 is 0 Å². The summed E-state index contributed by atoms with van der Waals surface area (Å²) in [7, 11) is -9.14. The Morgan fingerprint density at radius 3 is 1.58 bits per heavy atom. The summed E-state index contributed by atoms with van der Waals surface area (Å²) in [5.41, 5.74) is 3.66. The van der Waals surface area contributed by atoms with Gasteiger partial charge in [-0.1, -0.05) is 54.6 Å². The molecule has 0 saturated heterocycles. The lowest BCUT2D eigenvalue weighted by Gasteiger charge is -2.13. The Morgan fingerprint density at radius 1 is 0.519 bits per heavy atom. The van der Waals surface area contributed by atoms with Crippen LogP contribution < -0.4 is 10.6 Å². The molecule has 4 N–H and O–H groups in total. The molecule has 0 aromatic heterocycles. The number of rotatable bonds is 9. The summed E-state index contributed by atoms with van der Waals surface area (Å²) < 4.78 is 67.7. The van der Waals surface area contributed by atoms with Crippen LogP contribution in [0.15, 0.2) is 139 Å². The maximum atomic E-state index is 12.2. The molecule has 16 heteroatoms. The summed E-state index contributed by atoms with van der Waals surface area (Å²) in [5.74, 6) is -0.761. The summed E-state index contributed by atoms with van der Waals surface area (Å²) >= 11 is 0. The fraction of sp³-hybridized carbons (Fsp3) is 0.0556. The standard InChI is InChI=1S/C36H28N6O8S2/c1-21(43)37-32-17-18-34(51(45,46)47)29-16-15-27(19-31(29)32)41-39-25-11-7-23(8-12-25)24-9-13-26(14-10-24)40-42-33-20-35(52(48,49)50)28-5-3-4-6-30(28)36(33)38-22(2)44/h3-20H,1-2H3,(H,37,43)(H,38,44)(H,45,46,47)(H,48,49,50). The summed E-state index contributed by atoms with van der Waals surface area (Å²) in [4.78, 5) is 23.0. The number of anilines is 2. The van der Waals surface area contributed by atoms with Crippen molar-refractivity contribution >= 4 is 87.7 Å². The Balaban J connectivity index is 1.23. The van der Waals surface area contributed by atoms with E-state index in [0.29, 0.717) is 33.5 Å². The van der Waals surface area contributed by atoms with Crippen LogP contribution in [0.3, 0.4) is 0 Å². The van der Waals surface area contributed by atoms with Gasteiger partial charge in [-0.15, -0.1) is 5.11 Å². The first-order chi connectivity index (χ1) is 24.7. The fourth-order valence-corrected chi connectivity index (χ4v) is 6.90. The number of fused-ring (bicyclic) bond motifs is 2. The third-order valence-electron chi connectivity index (χ3n) is 7.74. The lowest BCUT2D eigenvalue weighted by atomic mass is 10.1. The summed E-state index contributed by atoms with van der Waals surface area (Å²) in [5, 5.41) is 23.5. The molecule has 6 aromatic rings. The average molecular weight is 737 g/mol. The molecular weight excluding hydrogens is 709 g/mol. The lowest BCUT2D eigenvalue weighted by Crippen LogP contribution is -2.08. The number of carbonyl (C=O) groups is 2. The molecule has 0 bridgehead atoms. The minimum Gasteiger partial charge on any atom is -0.326 e. The van der Waals surface area contributed by atoms with Gasteiger partial charge in [-0.25, -0.2) is 0 Å². The van der Waals surface area contributed by atoms with E-state index in [2.05, 4.69) is 31.1 Å². The van der Waals surface area contributed by atoms with Gasteiger partial charge in [-0.3, -0.25) is 18.7 Å². The van der Waals surface area contributed by atoms with Gasteiger partial charge in [-0.2, -0.15) is 32.2 Å². The van der Waals surface area contributed by atoms with Gasteiger partial charge in [0.15, 0.2) is 0 Å². The minimum absolute atomic E-state index is 0.0371. The molecule has 0 unspecified atom stereocenters. The van der Waals surface area contributed by atoms with Gasteiger partial charge in [0, 0.05) is 41.1 Å². The van der Waals surface area contributed by atoms with E-state index in [-0.39, 0.29) is 37.8 Å². The van der Waals surface area contributed by atoms with Crippen LogP contribution in [0.5, 0.6) is 0 Å². The molecule has 52 heavy (non-hydrogen) atoms. The molecule has 262 valence electrons. The van der Waals surface area contributed by atoms with Gasteiger partial charge < -0.3 is 10.6 Å². The first-order valence-electron chi connectivity index (χ1n) is 15.3. The van der Waals surface area contributed by atoms with Crippen molar-refractivity contribution in [2.24, 2.45) is 20.5 Å². The number of nitrogens with zero attached hydrogens (tertiary/aromatic N) is 4. The predicted molar refractivity (Wildman–Crippen MR) is 196 cm³/mol. The van der Waals surface area contributed by atoms with Crippen LogP contribution in [-0.4, -0.2) is 37.8 Å². The van der Waals surface area contributed by atoms with Crippen molar-refractivity contribution in [2.45, 2.75) is 23.6 Å². The molecule has 0 atom stereocenters. The van der Waals surface area contributed by atoms with Crippen LogP contribution in [-0.2, 0) is 29.8 Å². The molecule has 0 heterocycles. The topological polar surface area (TPSA) is 216 Å². The van der Waals surface area contributed by atoms with Gasteiger partial charge in [0.1, 0.15) is 15.5 Å². The number of carbonyl (C=O) groups excluding carboxylic acids is 2. The second-order valence-corrected chi connectivity index (χ2v) is 14.2. The van der Waals surface area contributed by atoms with Crippen molar-refractivity contribution in [3.8, 4) is 11.1 Å². The van der Waals surface area contributed by atoms with E-state index >= 15 is 0 Å². The van der Waals surface area contributed by atoms with Gasteiger partial charge in [0.25, 0.3) is 20.2 Å². The molecule has 0 radical (unpaired) electrons. The number of nitrogens with one attached hydrogen (secondary N) is 2. The van der Waals surface area contributed by atoms with E-state index in [0.717, 1.165) is 17.2 Å². The Kier molecular flexibility index (Phi) is 9.73. The number of hydrogen-bond donors (Lipinski definition) is 4. The molecule has 0 fully saturated rings. The lowest BCUT2D eigenvalue weighted by molar-refractivity contribution is -0.115. The smallest absolute Gasteiger partial charge is 0.295 e. The summed E-state index contributed by atoms with van der Waals surface area (Å²) in [6.07, 6.45) is 0. The van der Waals surface area contributed by atoms with Crippen molar-refractivity contribution in [1.82, 2.24) is 0 Å². The Labute approximate surface area is 297 Å². The monoisotopic (exact) mass is 736 g/mol. The highest BCUT2D eigenvalue weighted by atomic mass is 32.2. The van der Waals surface area contributed by atoms with Crippen LogP contribution in [0, 0.1) is 0 Å². The molecule has 2 amide bonds. The largest absolute Gasteiger partial charge is 0.326 e. The van der Waals surface area contributed by atoms with Crippen LogP contribution in [0.4, 0.5) is 34.1 Å². The molecule has 6 rings (SSSR count). The SMILES string of the molecule is CC(=O)Nc1ccc(S(=O)(=O)O)c2ccc(N=Nc3ccc(-c4ccc(N=Nc5cc(S(=O)(=O)O)c6ccccc6c5NC(C)=O)cc4)cc3)cc12. The molecule has 14 nitrogen and oxygen atoms in total. The molecule has 0 aliphatic heterocycles. The Bertz CT molecular complexity index is 2680. The first kappa shape index (κ1) is 35.6. The predicted octanol–water partition coefficient (Wildman–Crippen LogP) is 8.90. The van der Waals surface area contributed by atoms with Gasteiger partial charge in [-0.05, 0) is 65.7 Å². The normalized spacial score (nSPS) is 12.2. The van der Waals surface area contributed by atoms with Crippen LogP contribution in [0.1, 0.15) is 13.8 Å². The van der Waals surface area contributed by atoms with Crippen molar-refractivity contribution in [1.29, 1.82) is 0 Å². The van der Waals surface area contributed by atoms with Crippen molar-refractivity contribution < 1.29 is 35.5 Å². The number of benzene rings is 6. The van der Waals surface area contributed by atoms with E-state index in [1.165, 1.54) is 38.1 Å². The fourth-order valence-electron chi connectivity index (χ4n) is 5.49. The minimum atomic E-state index is -4.62. The zero-order valence-electron chi connectivity index (χ0n) is 27.3. The molecule has 0 aliphatic carbocycles. The van der Waals surface area contributed by atoms with Gasteiger partial charge >= 0.3 is 0 Å². The highest BCUT2D eigenvalue weighted by Crippen LogP contribution is 2.39. The number of hydrogen-bond acceptors (Lipinski definition) is 10. The highest BCUT2D eigenvalue weighted by molar-refractivity contribution is 7.86. The van der Waals surface area contributed by atoms with Crippen LogP contribution in [0.25, 0.3) is 32.7 Å². The summed E-state index contributed by atoms with van der Waals surface area (Å²) in [6.45, 7) is 2.63. The summed E-state index contributed by atoms with van der Waals surface area (Å²) in [6, 6.07) is 28.9. The van der Waals surface area contributed by atoms with Gasteiger partial charge in [0.05, 0.1) is 22.7 Å². The van der Waals surface area contributed by atoms with E-state index in [1.807, 2.05) is 24.3 Å². The van der Waals surface area contributed by atoms with Crippen LogP contribution in [0.2, 0.25) is 0 Å². The third-order valence-corrected chi connectivity index (χ3v) is 9.54. The average Bonchev–Trinajstić information content (AvgIpc) is 3.09. The number of azo groups is 2. The highest BCUT2D eigenvalue weighted by Gasteiger charge is 2.21. The molecule has 0 spiro atoms. The second-order valence-electron chi connectivity index (χ2n) is 11.5. The first-order valence-corrected chi connectivity index (χ1v) is 18.2. The Hall–Kier alpha value is -6.20. The molecular formula is C36H28N6O8S2. The van der Waals surface area contributed by atoms with Gasteiger partial charge in [0.2, 0.25) is 11.8 Å². The zero-order valence-corrected chi connectivity index (χ0v) is 29.0. The van der Waals surface area contributed by atoms with E-state index in [9.17, 15) is 35.5 Å². The second kappa shape index (κ2) is 14.2. The Morgan fingerprint density at radius 2 is 1.02 bits per heavy atom. The maximum Gasteiger partial charge on any atom is 0.295 e. The maximum absolute atomic E-state index is 12.2. The molecule has 0 aliphatic rings. The van der Waals surface area contributed by atoms with E-state index < -0.39 is 26.1 Å². The van der Waals surface area contributed by atoms with Crippen molar-refractivity contribution in [2.75, 3.05) is 10.6 Å². The molecule has 6 aromatic carbocycles. The molecule has 0 saturated carbocycles. The van der Waals surface area contributed by atoms with Crippen molar-refractivity contribution in [3.05, 3.63) is 109 Å². The third kappa shape index (κ3) is 7.90. The zero-order chi connectivity index (χ0) is 37.2. The number of amides is 2.